The van der Waals surface area contributed by atoms with Gasteiger partial charge in [0.15, 0.2) is 0 Å². The highest BCUT2D eigenvalue weighted by Crippen LogP contribution is 2.44. The normalized spacial score (nSPS) is 26.7. The van der Waals surface area contributed by atoms with Crippen LogP contribution >= 0.6 is 0 Å². The van der Waals surface area contributed by atoms with E-state index in [1.807, 2.05) is 12.2 Å². The number of amides is 4. The van der Waals surface area contributed by atoms with E-state index >= 15 is 0 Å². The highest BCUT2D eigenvalue weighted by atomic mass is 16.3. The quantitative estimate of drug-likeness (QED) is 0.508. The Labute approximate surface area is 129 Å². The summed E-state index contributed by atoms with van der Waals surface area (Å²) in [6, 6.07) is -0.772. The zero-order valence-corrected chi connectivity index (χ0v) is 12.7. The summed E-state index contributed by atoms with van der Waals surface area (Å²) in [5.41, 5.74) is -0.601. The van der Waals surface area contributed by atoms with E-state index in [4.69, 9.17) is 5.11 Å². The van der Waals surface area contributed by atoms with Gasteiger partial charge in [-0.15, -0.1) is 6.58 Å². The molecule has 0 spiro atoms. The summed E-state index contributed by atoms with van der Waals surface area (Å²) >= 11 is 0. The van der Waals surface area contributed by atoms with Crippen LogP contribution in [0.4, 0.5) is 4.79 Å². The average molecular weight is 306 g/mol. The third-order valence-electron chi connectivity index (χ3n) is 4.38. The van der Waals surface area contributed by atoms with Crippen molar-refractivity contribution in [3.8, 4) is 0 Å². The van der Waals surface area contributed by atoms with E-state index in [-0.39, 0.29) is 24.9 Å². The average Bonchev–Trinajstić information content (AvgIpc) is 2.89. The molecule has 0 aromatic rings. The lowest BCUT2D eigenvalue weighted by molar-refractivity contribution is -0.147. The van der Waals surface area contributed by atoms with Gasteiger partial charge in [0.25, 0.3) is 0 Å². The lowest BCUT2D eigenvalue weighted by Gasteiger charge is -2.38. The Hall–Kier alpha value is -1.95. The van der Waals surface area contributed by atoms with Crippen molar-refractivity contribution in [3.05, 3.63) is 24.3 Å². The van der Waals surface area contributed by atoms with Crippen molar-refractivity contribution in [2.75, 3.05) is 6.61 Å². The maximum atomic E-state index is 12.5. The van der Waals surface area contributed by atoms with Crippen LogP contribution in [0.15, 0.2) is 24.3 Å². The Morgan fingerprint density at radius 1 is 1.32 bits per heavy atom. The van der Waals surface area contributed by atoms with Gasteiger partial charge in [-0.2, -0.15) is 0 Å². The summed E-state index contributed by atoms with van der Waals surface area (Å²) in [4.78, 5) is 36.3. The lowest BCUT2D eigenvalue weighted by atomic mass is 9.68. The number of hydrogen-bond donors (Lipinski definition) is 3. The third kappa shape index (κ3) is 2.97. The highest BCUT2D eigenvalue weighted by molar-refractivity contribution is 6.19. The molecule has 2 unspecified atom stereocenters. The van der Waals surface area contributed by atoms with Crippen LogP contribution in [0.1, 0.15) is 32.6 Å². The lowest BCUT2D eigenvalue weighted by Crippen LogP contribution is -2.64. The first-order valence-corrected chi connectivity index (χ1v) is 7.50. The van der Waals surface area contributed by atoms with Crippen molar-refractivity contribution in [1.29, 1.82) is 0 Å². The molecular formula is C16H22N2O4. The minimum Gasteiger partial charge on any atom is -0.396 e. The molecule has 0 radical (unpaired) electrons. The SMILES string of the molecule is C=C(C)CC1(C2C=CC(CCCO)C2)C(=O)NC(=O)NC1=O. The molecule has 22 heavy (non-hydrogen) atoms. The number of allylic oxidation sites excluding steroid dienone is 3. The number of urea groups is 1. The Kier molecular flexibility index (Phi) is 4.81. The second-order valence-corrected chi connectivity index (χ2v) is 6.20. The van der Waals surface area contributed by atoms with Gasteiger partial charge in [-0.05, 0) is 38.5 Å². The third-order valence-corrected chi connectivity index (χ3v) is 4.38. The summed E-state index contributed by atoms with van der Waals surface area (Å²) in [6.07, 6.45) is 6.25. The number of aliphatic hydroxyl groups is 1. The van der Waals surface area contributed by atoms with E-state index in [0.29, 0.717) is 18.4 Å². The van der Waals surface area contributed by atoms with Gasteiger partial charge in [0.05, 0.1) is 0 Å². The smallest absolute Gasteiger partial charge is 0.328 e. The number of rotatable bonds is 6. The maximum absolute atomic E-state index is 12.5. The molecule has 1 heterocycles. The molecule has 1 saturated heterocycles. The minimum atomic E-state index is -1.32. The van der Waals surface area contributed by atoms with Crippen LogP contribution in [-0.4, -0.2) is 29.6 Å². The van der Waals surface area contributed by atoms with E-state index in [9.17, 15) is 14.4 Å². The monoisotopic (exact) mass is 306 g/mol. The number of carbonyl (C=O) groups is 3. The number of imide groups is 2. The van der Waals surface area contributed by atoms with E-state index in [2.05, 4.69) is 17.2 Å². The number of barbiturate groups is 1. The van der Waals surface area contributed by atoms with Crippen molar-refractivity contribution >= 4 is 17.8 Å². The van der Waals surface area contributed by atoms with Gasteiger partial charge in [0.2, 0.25) is 11.8 Å². The molecule has 6 heteroatoms. The summed E-state index contributed by atoms with van der Waals surface area (Å²) in [6.45, 7) is 5.71. The number of aliphatic hydroxyl groups excluding tert-OH is 1. The Bertz CT molecular complexity index is 518. The molecule has 3 N–H and O–H groups in total. The van der Waals surface area contributed by atoms with E-state index in [0.717, 1.165) is 6.42 Å². The number of nitrogens with one attached hydrogen (secondary N) is 2. The Morgan fingerprint density at radius 3 is 2.50 bits per heavy atom. The fourth-order valence-corrected chi connectivity index (χ4v) is 3.38. The molecule has 2 atom stereocenters. The molecule has 1 aliphatic carbocycles. The zero-order chi connectivity index (χ0) is 16.3. The molecule has 0 aromatic heterocycles. The van der Waals surface area contributed by atoms with Crippen LogP contribution in [0.2, 0.25) is 0 Å². The van der Waals surface area contributed by atoms with Gasteiger partial charge in [-0.25, -0.2) is 4.79 Å². The van der Waals surface area contributed by atoms with Crippen molar-refractivity contribution in [2.45, 2.75) is 32.6 Å². The standard InChI is InChI=1S/C16H22N2O4/c1-10(2)9-16(13(20)17-15(22)18-14(16)21)12-6-5-11(8-12)4-3-7-19/h5-6,11-12,19H,1,3-4,7-9H2,2H3,(H2,17,18,20,21,22). The predicted octanol–water partition coefficient (Wildman–Crippen LogP) is 1.27. The molecule has 1 aliphatic heterocycles. The van der Waals surface area contributed by atoms with E-state index in [1.165, 1.54) is 0 Å². The van der Waals surface area contributed by atoms with Crippen LogP contribution in [0.25, 0.3) is 0 Å². The first kappa shape index (κ1) is 16.4. The molecule has 1 fully saturated rings. The summed E-state index contributed by atoms with van der Waals surface area (Å²) in [7, 11) is 0. The molecular weight excluding hydrogens is 284 g/mol. The van der Waals surface area contributed by atoms with Crippen molar-refractivity contribution in [3.63, 3.8) is 0 Å². The first-order chi connectivity index (χ1) is 10.4. The molecule has 0 aromatic carbocycles. The second-order valence-electron chi connectivity index (χ2n) is 6.20. The van der Waals surface area contributed by atoms with Crippen LogP contribution in [0, 0.1) is 17.3 Å². The van der Waals surface area contributed by atoms with Crippen molar-refractivity contribution in [1.82, 2.24) is 10.6 Å². The largest absolute Gasteiger partial charge is 0.396 e. The van der Waals surface area contributed by atoms with E-state index in [1.54, 1.807) is 6.92 Å². The molecule has 120 valence electrons. The maximum Gasteiger partial charge on any atom is 0.328 e. The second kappa shape index (κ2) is 6.44. The van der Waals surface area contributed by atoms with Crippen molar-refractivity contribution in [2.24, 2.45) is 17.3 Å². The molecule has 0 saturated carbocycles. The van der Waals surface area contributed by atoms with Gasteiger partial charge in [0.1, 0.15) is 5.41 Å². The van der Waals surface area contributed by atoms with Gasteiger partial charge < -0.3 is 5.11 Å². The van der Waals surface area contributed by atoms with Crippen LogP contribution in [0.5, 0.6) is 0 Å². The molecule has 0 bridgehead atoms. The molecule has 2 aliphatic rings. The zero-order valence-electron chi connectivity index (χ0n) is 12.7. The number of hydrogen-bond acceptors (Lipinski definition) is 4. The Morgan fingerprint density at radius 2 is 1.95 bits per heavy atom. The molecule has 6 nitrogen and oxygen atoms in total. The van der Waals surface area contributed by atoms with Crippen LogP contribution < -0.4 is 10.6 Å². The molecule has 2 rings (SSSR count). The fraction of sp³-hybridized carbons (Fsp3) is 0.562. The van der Waals surface area contributed by atoms with Crippen molar-refractivity contribution < 1.29 is 19.5 Å². The van der Waals surface area contributed by atoms with Crippen LogP contribution in [0.3, 0.4) is 0 Å². The van der Waals surface area contributed by atoms with Crippen LogP contribution in [-0.2, 0) is 9.59 Å². The summed E-state index contributed by atoms with van der Waals surface area (Å²) in [5, 5.41) is 13.4. The van der Waals surface area contributed by atoms with E-state index < -0.39 is 23.3 Å². The van der Waals surface area contributed by atoms with Gasteiger partial charge in [-0.1, -0.05) is 17.7 Å². The predicted molar refractivity (Wildman–Crippen MR) is 80.6 cm³/mol. The topological polar surface area (TPSA) is 95.5 Å². The molecule has 4 amide bonds. The van der Waals surface area contributed by atoms with Gasteiger partial charge in [-0.3, -0.25) is 20.2 Å². The highest BCUT2D eigenvalue weighted by Gasteiger charge is 2.55. The Balaban J connectivity index is 2.26. The first-order valence-electron chi connectivity index (χ1n) is 7.50. The fourth-order valence-electron chi connectivity index (χ4n) is 3.38. The number of carbonyl (C=O) groups excluding carboxylic acids is 3. The van der Waals surface area contributed by atoms with Gasteiger partial charge in [0, 0.05) is 12.5 Å². The summed E-state index contributed by atoms with van der Waals surface area (Å²) in [5.74, 6) is -1.15. The van der Waals surface area contributed by atoms with Gasteiger partial charge >= 0.3 is 6.03 Å². The summed E-state index contributed by atoms with van der Waals surface area (Å²) < 4.78 is 0. The minimum absolute atomic E-state index is 0.126.